The largest absolute Gasteiger partial charge is 0.379 e. The van der Waals surface area contributed by atoms with Crippen LogP contribution in [-0.2, 0) is 14.3 Å². The number of ether oxygens (including phenoxy) is 2. The molecule has 0 bridgehead atoms. The van der Waals surface area contributed by atoms with Crippen LogP contribution >= 0.6 is 0 Å². The van der Waals surface area contributed by atoms with E-state index in [1.54, 1.807) is 14.2 Å². The Labute approximate surface area is 103 Å². The van der Waals surface area contributed by atoms with Gasteiger partial charge in [-0.15, -0.1) is 0 Å². The van der Waals surface area contributed by atoms with Gasteiger partial charge in [-0.2, -0.15) is 5.26 Å². The van der Waals surface area contributed by atoms with E-state index < -0.39 is 0 Å². The molecular weight excluding hydrogens is 220 g/mol. The number of nitriles is 1. The van der Waals surface area contributed by atoms with Crippen LogP contribution in [0, 0.1) is 11.3 Å². The molecule has 98 valence electrons. The standard InChI is InChI=1S/C12H22N2O3/c1-12(2,16-4)6-9-17-10-11(15)14(3)8-5-7-13/h5-6,8-10H2,1-4H3. The average molecular weight is 242 g/mol. The average Bonchev–Trinajstić information content (AvgIpc) is 2.31. The SMILES string of the molecule is COC(C)(C)CCOCC(=O)N(C)CCC#N. The predicted molar refractivity (Wildman–Crippen MR) is 64.4 cm³/mol. The molecule has 0 aromatic carbocycles. The zero-order chi connectivity index (χ0) is 13.3. The first-order chi connectivity index (χ1) is 7.93. The molecule has 0 radical (unpaired) electrons. The molecule has 0 atom stereocenters. The van der Waals surface area contributed by atoms with Gasteiger partial charge in [-0.3, -0.25) is 4.79 Å². The molecule has 0 spiro atoms. The summed E-state index contributed by atoms with van der Waals surface area (Å²) in [5.41, 5.74) is -0.226. The highest BCUT2D eigenvalue weighted by atomic mass is 16.5. The van der Waals surface area contributed by atoms with Crippen LogP contribution in [0.15, 0.2) is 0 Å². The molecule has 0 fully saturated rings. The second-order valence-electron chi connectivity index (χ2n) is 4.49. The van der Waals surface area contributed by atoms with Gasteiger partial charge >= 0.3 is 0 Å². The van der Waals surface area contributed by atoms with Crippen molar-refractivity contribution >= 4 is 5.91 Å². The van der Waals surface area contributed by atoms with Crippen molar-refractivity contribution < 1.29 is 14.3 Å². The first kappa shape index (κ1) is 15.9. The number of rotatable bonds is 8. The maximum Gasteiger partial charge on any atom is 0.248 e. The van der Waals surface area contributed by atoms with Crippen molar-refractivity contribution in [2.45, 2.75) is 32.3 Å². The van der Waals surface area contributed by atoms with Gasteiger partial charge in [0.15, 0.2) is 0 Å². The van der Waals surface area contributed by atoms with Crippen LogP contribution in [-0.4, -0.2) is 50.3 Å². The lowest BCUT2D eigenvalue weighted by Gasteiger charge is -2.22. The van der Waals surface area contributed by atoms with Crippen LogP contribution in [0.25, 0.3) is 0 Å². The zero-order valence-electron chi connectivity index (χ0n) is 11.2. The summed E-state index contributed by atoms with van der Waals surface area (Å²) in [4.78, 5) is 13.0. The fourth-order valence-electron chi connectivity index (χ4n) is 1.03. The van der Waals surface area contributed by atoms with E-state index in [9.17, 15) is 4.79 Å². The Morgan fingerprint density at radius 3 is 2.65 bits per heavy atom. The number of hydrogen-bond acceptors (Lipinski definition) is 4. The fourth-order valence-corrected chi connectivity index (χ4v) is 1.03. The molecule has 0 saturated heterocycles. The monoisotopic (exact) mass is 242 g/mol. The molecule has 0 N–H and O–H groups in total. The Morgan fingerprint density at radius 2 is 2.12 bits per heavy atom. The van der Waals surface area contributed by atoms with Gasteiger partial charge in [0.05, 0.1) is 18.1 Å². The summed E-state index contributed by atoms with van der Waals surface area (Å²) < 4.78 is 10.5. The van der Waals surface area contributed by atoms with Gasteiger partial charge in [0.2, 0.25) is 5.91 Å². The molecule has 0 rings (SSSR count). The lowest BCUT2D eigenvalue weighted by Crippen LogP contribution is -2.32. The Hall–Kier alpha value is -1.12. The lowest BCUT2D eigenvalue weighted by molar-refractivity contribution is -0.135. The third-order valence-electron chi connectivity index (χ3n) is 2.61. The van der Waals surface area contributed by atoms with Gasteiger partial charge in [-0.05, 0) is 20.3 Å². The van der Waals surface area contributed by atoms with E-state index in [4.69, 9.17) is 14.7 Å². The van der Waals surface area contributed by atoms with Gasteiger partial charge in [-0.25, -0.2) is 0 Å². The van der Waals surface area contributed by atoms with Crippen molar-refractivity contribution in [3.63, 3.8) is 0 Å². The van der Waals surface area contributed by atoms with Crippen molar-refractivity contribution in [3.8, 4) is 6.07 Å². The summed E-state index contributed by atoms with van der Waals surface area (Å²) in [5, 5.41) is 8.39. The Morgan fingerprint density at radius 1 is 1.47 bits per heavy atom. The topological polar surface area (TPSA) is 62.6 Å². The van der Waals surface area contributed by atoms with Gasteiger partial charge in [0, 0.05) is 27.3 Å². The summed E-state index contributed by atoms with van der Waals surface area (Å²) in [7, 11) is 3.32. The van der Waals surface area contributed by atoms with Crippen molar-refractivity contribution in [2.24, 2.45) is 0 Å². The number of carbonyl (C=O) groups excluding carboxylic acids is 1. The van der Waals surface area contributed by atoms with Crippen molar-refractivity contribution in [1.29, 1.82) is 5.26 Å². The minimum Gasteiger partial charge on any atom is -0.379 e. The molecule has 1 amide bonds. The highest BCUT2D eigenvalue weighted by Gasteiger charge is 2.16. The Balaban J connectivity index is 3.68. The predicted octanol–water partition coefficient (Wildman–Crippen LogP) is 1.19. The number of amides is 1. The smallest absolute Gasteiger partial charge is 0.248 e. The molecule has 5 heteroatoms. The van der Waals surface area contributed by atoms with E-state index in [1.165, 1.54) is 4.90 Å². The van der Waals surface area contributed by atoms with Gasteiger partial charge < -0.3 is 14.4 Å². The quantitative estimate of drug-likeness (QED) is 0.600. The van der Waals surface area contributed by atoms with E-state index in [2.05, 4.69) is 0 Å². The maximum absolute atomic E-state index is 11.5. The van der Waals surface area contributed by atoms with Crippen LogP contribution in [0.2, 0.25) is 0 Å². The summed E-state index contributed by atoms with van der Waals surface area (Å²) in [5.74, 6) is -0.101. The summed E-state index contributed by atoms with van der Waals surface area (Å²) in [6.07, 6.45) is 1.08. The molecule has 0 aromatic heterocycles. The summed E-state index contributed by atoms with van der Waals surface area (Å²) in [6.45, 7) is 4.93. The van der Waals surface area contributed by atoms with Crippen LogP contribution in [0.5, 0.6) is 0 Å². The molecule has 17 heavy (non-hydrogen) atoms. The molecule has 0 saturated carbocycles. The van der Waals surface area contributed by atoms with E-state index in [-0.39, 0.29) is 18.1 Å². The first-order valence-electron chi connectivity index (χ1n) is 5.67. The second-order valence-corrected chi connectivity index (χ2v) is 4.49. The Kier molecular flexibility index (Phi) is 7.51. The molecule has 0 aliphatic heterocycles. The molecule has 0 aliphatic rings. The van der Waals surface area contributed by atoms with E-state index in [1.807, 2.05) is 19.9 Å². The van der Waals surface area contributed by atoms with Crippen LogP contribution < -0.4 is 0 Å². The fraction of sp³-hybridized carbons (Fsp3) is 0.833. The normalized spacial score (nSPS) is 11.0. The summed E-state index contributed by atoms with van der Waals surface area (Å²) in [6, 6.07) is 2.00. The van der Waals surface area contributed by atoms with Crippen LogP contribution in [0.1, 0.15) is 26.7 Å². The minimum atomic E-state index is -0.226. The molecule has 5 nitrogen and oxygen atoms in total. The van der Waals surface area contributed by atoms with Gasteiger partial charge in [0.1, 0.15) is 6.61 Å². The summed E-state index contributed by atoms with van der Waals surface area (Å²) >= 11 is 0. The third-order valence-corrected chi connectivity index (χ3v) is 2.61. The molecule has 0 aliphatic carbocycles. The van der Waals surface area contributed by atoms with E-state index in [0.717, 1.165) is 6.42 Å². The third kappa shape index (κ3) is 7.72. The number of hydrogen-bond donors (Lipinski definition) is 0. The van der Waals surface area contributed by atoms with Crippen molar-refractivity contribution in [1.82, 2.24) is 4.90 Å². The number of methoxy groups -OCH3 is 1. The van der Waals surface area contributed by atoms with Gasteiger partial charge in [0.25, 0.3) is 0 Å². The van der Waals surface area contributed by atoms with Crippen molar-refractivity contribution in [2.75, 3.05) is 33.9 Å². The van der Waals surface area contributed by atoms with Crippen molar-refractivity contribution in [3.05, 3.63) is 0 Å². The highest BCUT2D eigenvalue weighted by Crippen LogP contribution is 2.12. The number of nitrogens with zero attached hydrogens (tertiary/aromatic N) is 2. The van der Waals surface area contributed by atoms with Crippen LogP contribution in [0.3, 0.4) is 0 Å². The highest BCUT2D eigenvalue weighted by molar-refractivity contribution is 5.77. The number of carbonyl (C=O) groups is 1. The minimum absolute atomic E-state index is 0.0573. The van der Waals surface area contributed by atoms with Crippen LogP contribution in [0.4, 0.5) is 0 Å². The molecule has 0 heterocycles. The molecular formula is C12H22N2O3. The first-order valence-corrected chi connectivity index (χ1v) is 5.67. The van der Waals surface area contributed by atoms with Gasteiger partial charge in [-0.1, -0.05) is 0 Å². The maximum atomic E-state index is 11.5. The Bertz CT molecular complexity index is 271. The molecule has 0 aromatic rings. The van der Waals surface area contributed by atoms with E-state index in [0.29, 0.717) is 19.6 Å². The second kappa shape index (κ2) is 8.04. The zero-order valence-corrected chi connectivity index (χ0v) is 11.2. The lowest BCUT2D eigenvalue weighted by atomic mass is 10.1. The number of likely N-dealkylation sites (N-methyl/N-ethyl adjacent to an activating group) is 1. The van der Waals surface area contributed by atoms with E-state index >= 15 is 0 Å². The molecule has 0 unspecified atom stereocenters.